The van der Waals surface area contributed by atoms with Gasteiger partial charge in [0.25, 0.3) is 5.56 Å². The minimum absolute atomic E-state index is 0.0125. The smallest absolute Gasteiger partial charge is 0.257 e. The summed E-state index contributed by atoms with van der Waals surface area (Å²) in [5, 5.41) is 0. The maximum absolute atomic E-state index is 12.2. The zero-order valence-corrected chi connectivity index (χ0v) is 12.5. The summed E-state index contributed by atoms with van der Waals surface area (Å²) in [7, 11) is 3.77. The highest BCUT2D eigenvalue weighted by atomic mass is 16.1. The van der Waals surface area contributed by atoms with Gasteiger partial charge < -0.3 is 4.90 Å². The van der Waals surface area contributed by atoms with E-state index in [0.717, 1.165) is 30.8 Å². The number of anilines is 1. The molecule has 5 heteroatoms. The van der Waals surface area contributed by atoms with Crippen LogP contribution in [0.4, 0.5) is 5.95 Å². The van der Waals surface area contributed by atoms with Gasteiger partial charge in [0.05, 0.1) is 11.3 Å². The first kappa shape index (κ1) is 13.8. The number of aromatic nitrogens is 2. The normalized spacial score (nSPS) is 14.8. The van der Waals surface area contributed by atoms with Crippen LogP contribution < -0.4 is 10.5 Å². The molecule has 110 valence electrons. The zero-order valence-electron chi connectivity index (χ0n) is 12.5. The van der Waals surface area contributed by atoms with Gasteiger partial charge in [0, 0.05) is 40.2 Å². The first-order valence-corrected chi connectivity index (χ1v) is 7.19. The summed E-state index contributed by atoms with van der Waals surface area (Å²) in [5.74, 6) is 0.634. The van der Waals surface area contributed by atoms with Crippen molar-refractivity contribution < 1.29 is 0 Å². The molecule has 0 radical (unpaired) electrons. The van der Waals surface area contributed by atoms with Gasteiger partial charge in [-0.25, -0.2) is 4.98 Å². The maximum Gasteiger partial charge on any atom is 0.257 e. The van der Waals surface area contributed by atoms with E-state index in [2.05, 4.69) is 27.0 Å². The molecule has 0 unspecified atom stereocenters. The Bertz CT molecular complexity index is 678. The molecule has 1 aromatic carbocycles. The van der Waals surface area contributed by atoms with E-state index in [9.17, 15) is 4.79 Å². The molecule has 0 amide bonds. The summed E-state index contributed by atoms with van der Waals surface area (Å²) >= 11 is 0. The fourth-order valence-corrected chi connectivity index (χ4v) is 2.66. The Hall–Kier alpha value is -2.14. The number of benzene rings is 1. The number of rotatable bonds is 3. The molecule has 0 atom stereocenters. The van der Waals surface area contributed by atoms with Gasteiger partial charge in [-0.3, -0.25) is 14.7 Å². The Labute approximate surface area is 124 Å². The lowest BCUT2D eigenvalue weighted by Crippen LogP contribution is -2.36. The number of hydrogen-bond donors (Lipinski definition) is 1. The molecular weight excluding hydrogens is 264 g/mol. The van der Waals surface area contributed by atoms with Gasteiger partial charge in [0.2, 0.25) is 5.95 Å². The van der Waals surface area contributed by atoms with Gasteiger partial charge in [-0.05, 0) is 5.56 Å². The Morgan fingerprint density at radius 1 is 1.29 bits per heavy atom. The summed E-state index contributed by atoms with van der Waals surface area (Å²) in [6.45, 7) is 2.47. The molecule has 0 spiro atoms. The molecule has 1 aliphatic rings. The Morgan fingerprint density at radius 2 is 2.05 bits per heavy atom. The van der Waals surface area contributed by atoms with Crippen molar-refractivity contribution >= 4 is 5.95 Å². The Morgan fingerprint density at radius 3 is 2.76 bits per heavy atom. The average molecular weight is 284 g/mol. The van der Waals surface area contributed by atoms with E-state index in [4.69, 9.17) is 0 Å². The number of aromatic amines is 1. The van der Waals surface area contributed by atoms with E-state index in [1.807, 2.05) is 37.2 Å². The quantitative estimate of drug-likeness (QED) is 0.925. The summed E-state index contributed by atoms with van der Waals surface area (Å²) in [6, 6.07) is 10.3. The van der Waals surface area contributed by atoms with Crippen molar-refractivity contribution in [3.63, 3.8) is 0 Å². The first-order chi connectivity index (χ1) is 10.1. The van der Waals surface area contributed by atoms with E-state index in [0.29, 0.717) is 12.5 Å². The highest BCUT2D eigenvalue weighted by Gasteiger charge is 2.21. The standard InChI is InChI=1S/C16H20N4O/c1-19(2)16-17-14-8-9-20(11-13(14)15(21)18-16)10-12-6-4-3-5-7-12/h3-7H,8-11H2,1-2H3,(H,17,18,21). The Kier molecular flexibility index (Phi) is 3.75. The van der Waals surface area contributed by atoms with E-state index in [-0.39, 0.29) is 5.56 Å². The highest BCUT2D eigenvalue weighted by molar-refractivity contribution is 5.32. The van der Waals surface area contributed by atoms with Crippen molar-refractivity contribution in [2.75, 3.05) is 25.5 Å². The molecule has 0 aliphatic carbocycles. The van der Waals surface area contributed by atoms with Crippen LogP contribution in [-0.2, 0) is 19.5 Å². The predicted molar refractivity (Wildman–Crippen MR) is 83.4 cm³/mol. The maximum atomic E-state index is 12.2. The second-order valence-electron chi connectivity index (χ2n) is 5.66. The van der Waals surface area contributed by atoms with Gasteiger partial charge in [0.1, 0.15) is 0 Å². The molecule has 5 nitrogen and oxygen atoms in total. The van der Waals surface area contributed by atoms with E-state index >= 15 is 0 Å². The molecule has 0 saturated carbocycles. The van der Waals surface area contributed by atoms with Crippen LogP contribution in [0.5, 0.6) is 0 Å². The van der Waals surface area contributed by atoms with Crippen molar-refractivity contribution in [2.24, 2.45) is 0 Å². The van der Waals surface area contributed by atoms with Gasteiger partial charge in [-0.15, -0.1) is 0 Å². The molecule has 2 aromatic rings. The molecule has 1 N–H and O–H groups in total. The topological polar surface area (TPSA) is 52.2 Å². The number of hydrogen-bond acceptors (Lipinski definition) is 4. The minimum Gasteiger partial charge on any atom is -0.348 e. The number of nitrogens with one attached hydrogen (secondary N) is 1. The molecule has 0 fully saturated rings. The fourth-order valence-electron chi connectivity index (χ4n) is 2.66. The van der Waals surface area contributed by atoms with Crippen LogP contribution in [0.3, 0.4) is 0 Å². The number of H-pyrrole nitrogens is 1. The summed E-state index contributed by atoms with van der Waals surface area (Å²) in [5.41, 5.74) is 3.01. The summed E-state index contributed by atoms with van der Waals surface area (Å²) < 4.78 is 0. The van der Waals surface area contributed by atoms with E-state index in [1.165, 1.54) is 5.56 Å². The molecule has 1 aliphatic heterocycles. The van der Waals surface area contributed by atoms with Crippen molar-refractivity contribution in [1.82, 2.24) is 14.9 Å². The van der Waals surface area contributed by atoms with Crippen molar-refractivity contribution in [3.8, 4) is 0 Å². The lowest BCUT2D eigenvalue weighted by molar-refractivity contribution is 0.242. The molecule has 0 bridgehead atoms. The second-order valence-corrected chi connectivity index (χ2v) is 5.66. The third-order valence-corrected chi connectivity index (χ3v) is 3.81. The summed E-state index contributed by atoms with van der Waals surface area (Å²) in [6.07, 6.45) is 0.826. The van der Waals surface area contributed by atoms with Crippen LogP contribution in [0.1, 0.15) is 16.8 Å². The second kappa shape index (κ2) is 5.69. The van der Waals surface area contributed by atoms with Crippen LogP contribution in [0.25, 0.3) is 0 Å². The largest absolute Gasteiger partial charge is 0.348 e. The lowest BCUT2D eigenvalue weighted by Gasteiger charge is -2.28. The Balaban J connectivity index is 1.81. The van der Waals surface area contributed by atoms with Crippen LogP contribution in [0.2, 0.25) is 0 Å². The number of fused-ring (bicyclic) bond motifs is 1. The SMILES string of the molecule is CN(C)c1nc2c(c(=O)[nH]1)CN(Cc1ccccc1)CC2. The van der Waals surface area contributed by atoms with Crippen molar-refractivity contribution in [2.45, 2.75) is 19.5 Å². The molecule has 2 heterocycles. The van der Waals surface area contributed by atoms with Gasteiger partial charge >= 0.3 is 0 Å². The summed E-state index contributed by atoms with van der Waals surface area (Å²) in [4.78, 5) is 23.8. The van der Waals surface area contributed by atoms with Crippen molar-refractivity contribution in [1.29, 1.82) is 0 Å². The molecule has 3 rings (SSSR count). The minimum atomic E-state index is -0.0125. The molecule has 21 heavy (non-hydrogen) atoms. The molecule has 0 saturated heterocycles. The first-order valence-electron chi connectivity index (χ1n) is 7.19. The van der Waals surface area contributed by atoms with Crippen LogP contribution in [-0.4, -0.2) is 35.5 Å². The van der Waals surface area contributed by atoms with Crippen LogP contribution in [0, 0.1) is 0 Å². The number of nitrogens with zero attached hydrogens (tertiary/aromatic N) is 3. The van der Waals surface area contributed by atoms with Crippen molar-refractivity contribution in [3.05, 3.63) is 57.5 Å². The zero-order chi connectivity index (χ0) is 14.8. The fraction of sp³-hybridized carbons (Fsp3) is 0.375. The predicted octanol–water partition coefficient (Wildman–Crippen LogP) is 1.39. The van der Waals surface area contributed by atoms with E-state index in [1.54, 1.807) is 0 Å². The molecule has 1 aromatic heterocycles. The van der Waals surface area contributed by atoms with Gasteiger partial charge in [-0.1, -0.05) is 30.3 Å². The molecular formula is C16H20N4O. The third-order valence-electron chi connectivity index (χ3n) is 3.81. The average Bonchev–Trinajstić information content (AvgIpc) is 2.48. The highest BCUT2D eigenvalue weighted by Crippen LogP contribution is 2.17. The monoisotopic (exact) mass is 284 g/mol. The van der Waals surface area contributed by atoms with Crippen LogP contribution >= 0.6 is 0 Å². The van der Waals surface area contributed by atoms with Gasteiger partial charge in [-0.2, -0.15) is 0 Å². The van der Waals surface area contributed by atoms with Crippen LogP contribution in [0.15, 0.2) is 35.1 Å². The third kappa shape index (κ3) is 2.97. The lowest BCUT2D eigenvalue weighted by atomic mass is 10.1. The van der Waals surface area contributed by atoms with E-state index < -0.39 is 0 Å². The van der Waals surface area contributed by atoms with Gasteiger partial charge in [0.15, 0.2) is 0 Å².